The highest BCUT2D eigenvalue weighted by Crippen LogP contribution is 2.18. The molecule has 1 atom stereocenters. The Morgan fingerprint density at radius 3 is 2.77 bits per heavy atom. The van der Waals surface area contributed by atoms with Crippen LogP contribution in [0, 0.1) is 5.92 Å². The van der Waals surface area contributed by atoms with Gasteiger partial charge < -0.3 is 29.5 Å². The van der Waals surface area contributed by atoms with Crippen molar-refractivity contribution in [2.24, 2.45) is 10.9 Å². The van der Waals surface area contributed by atoms with Gasteiger partial charge in [-0.2, -0.15) is 0 Å². The zero-order chi connectivity index (χ0) is 21.2. The standard InChI is InChI=1S/C22H38N6O2.HI/c1-4-23-22(28-8-6-20(17-28)18-30-14-13-29-3)25-16-19-5-7-24-21(15-19)27-11-9-26(2)10-12-27;/h5,7,15,20H,4,6,8-14,16-18H2,1-3H3,(H,23,25);1H. The zero-order valence-electron chi connectivity index (χ0n) is 19.3. The minimum Gasteiger partial charge on any atom is -0.382 e. The summed E-state index contributed by atoms with van der Waals surface area (Å²) in [6.07, 6.45) is 3.05. The van der Waals surface area contributed by atoms with Gasteiger partial charge in [0.1, 0.15) is 5.82 Å². The third kappa shape index (κ3) is 8.36. The Morgan fingerprint density at radius 2 is 2.03 bits per heavy atom. The van der Waals surface area contributed by atoms with Gasteiger partial charge in [-0.05, 0) is 38.1 Å². The first kappa shape index (κ1) is 26.1. The van der Waals surface area contributed by atoms with E-state index < -0.39 is 0 Å². The van der Waals surface area contributed by atoms with E-state index >= 15 is 0 Å². The Hall–Kier alpha value is -1.17. The van der Waals surface area contributed by atoms with Crippen LogP contribution in [-0.2, 0) is 16.0 Å². The Labute approximate surface area is 204 Å². The molecule has 2 fully saturated rings. The normalized spacial score (nSPS) is 20.1. The molecule has 1 unspecified atom stereocenters. The molecule has 2 aliphatic heterocycles. The van der Waals surface area contributed by atoms with Crippen molar-refractivity contribution in [3.63, 3.8) is 0 Å². The predicted molar refractivity (Wildman–Crippen MR) is 137 cm³/mol. The molecule has 2 aliphatic rings. The highest BCUT2D eigenvalue weighted by molar-refractivity contribution is 14.0. The minimum absolute atomic E-state index is 0. The van der Waals surface area contributed by atoms with Crippen molar-refractivity contribution in [3.05, 3.63) is 23.9 Å². The van der Waals surface area contributed by atoms with E-state index in [1.807, 2.05) is 6.20 Å². The van der Waals surface area contributed by atoms with Crippen molar-refractivity contribution < 1.29 is 9.47 Å². The number of hydrogen-bond acceptors (Lipinski definition) is 6. The number of nitrogens with one attached hydrogen (secondary N) is 1. The number of halogens is 1. The van der Waals surface area contributed by atoms with Crippen LogP contribution < -0.4 is 10.2 Å². The van der Waals surface area contributed by atoms with Gasteiger partial charge in [-0.25, -0.2) is 9.98 Å². The Kier molecular flexibility index (Phi) is 11.8. The summed E-state index contributed by atoms with van der Waals surface area (Å²) >= 11 is 0. The quantitative estimate of drug-likeness (QED) is 0.220. The van der Waals surface area contributed by atoms with Gasteiger partial charge in [-0.15, -0.1) is 24.0 Å². The van der Waals surface area contributed by atoms with Crippen molar-refractivity contribution in [1.29, 1.82) is 0 Å². The molecule has 3 rings (SSSR count). The maximum absolute atomic E-state index is 5.73. The number of likely N-dealkylation sites (tertiary alicyclic amines) is 1. The molecule has 0 spiro atoms. The lowest BCUT2D eigenvalue weighted by molar-refractivity contribution is 0.0536. The molecule has 0 radical (unpaired) electrons. The lowest BCUT2D eigenvalue weighted by Crippen LogP contribution is -2.44. The van der Waals surface area contributed by atoms with E-state index in [1.54, 1.807) is 7.11 Å². The van der Waals surface area contributed by atoms with Crippen LogP contribution in [0.15, 0.2) is 23.3 Å². The average molecular weight is 546 g/mol. The Balaban J connectivity index is 0.00000341. The van der Waals surface area contributed by atoms with Crippen molar-refractivity contribution in [1.82, 2.24) is 20.1 Å². The number of methoxy groups -OCH3 is 1. The largest absolute Gasteiger partial charge is 0.382 e. The van der Waals surface area contributed by atoms with Crippen LogP contribution in [0.4, 0.5) is 5.82 Å². The summed E-state index contributed by atoms with van der Waals surface area (Å²) < 4.78 is 10.8. The number of nitrogens with zero attached hydrogens (tertiary/aromatic N) is 5. The number of hydrogen-bond donors (Lipinski definition) is 1. The third-order valence-corrected chi connectivity index (χ3v) is 5.75. The fourth-order valence-corrected chi connectivity index (χ4v) is 3.91. The smallest absolute Gasteiger partial charge is 0.194 e. The molecule has 31 heavy (non-hydrogen) atoms. The van der Waals surface area contributed by atoms with Crippen LogP contribution in [0.25, 0.3) is 0 Å². The van der Waals surface area contributed by atoms with Gasteiger partial charge in [0, 0.05) is 65.0 Å². The van der Waals surface area contributed by atoms with E-state index in [1.165, 1.54) is 5.56 Å². The van der Waals surface area contributed by atoms with Crippen LogP contribution in [0.1, 0.15) is 18.9 Å². The van der Waals surface area contributed by atoms with Gasteiger partial charge in [0.15, 0.2) is 5.96 Å². The van der Waals surface area contributed by atoms with Gasteiger partial charge in [-0.1, -0.05) is 0 Å². The molecule has 0 bridgehead atoms. The molecule has 0 saturated carbocycles. The molecular formula is C22H39IN6O2. The van der Waals surface area contributed by atoms with Crippen LogP contribution in [0.3, 0.4) is 0 Å². The maximum Gasteiger partial charge on any atom is 0.194 e. The highest BCUT2D eigenvalue weighted by atomic mass is 127. The van der Waals surface area contributed by atoms with Gasteiger partial charge >= 0.3 is 0 Å². The summed E-state index contributed by atoms with van der Waals surface area (Å²) in [7, 11) is 3.88. The van der Waals surface area contributed by atoms with Crippen LogP contribution in [-0.4, -0.2) is 101 Å². The van der Waals surface area contributed by atoms with Crippen LogP contribution in [0.5, 0.6) is 0 Å². The number of pyridine rings is 1. The first-order valence-corrected chi connectivity index (χ1v) is 11.2. The summed E-state index contributed by atoms with van der Waals surface area (Å²) in [5, 5.41) is 3.46. The number of aliphatic imine (C=N–C) groups is 1. The number of anilines is 1. The minimum atomic E-state index is 0. The predicted octanol–water partition coefficient (Wildman–Crippen LogP) is 1.90. The van der Waals surface area contributed by atoms with E-state index in [0.29, 0.717) is 25.7 Å². The Morgan fingerprint density at radius 1 is 1.23 bits per heavy atom. The molecule has 0 aliphatic carbocycles. The van der Waals surface area contributed by atoms with Crippen molar-refractivity contribution in [2.75, 3.05) is 84.7 Å². The molecule has 0 amide bonds. The molecular weight excluding hydrogens is 507 g/mol. The SMILES string of the molecule is CCNC(=NCc1ccnc(N2CCN(C)CC2)c1)N1CCC(COCCOC)C1.I. The summed E-state index contributed by atoms with van der Waals surface area (Å²) in [5.74, 6) is 2.61. The lowest BCUT2D eigenvalue weighted by atomic mass is 10.1. The molecule has 8 nitrogen and oxygen atoms in total. The average Bonchev–Trinajstić information content (AvgIpc) is 3.24. The summed E-state index contributed by atoms with van der Waals surface area (Å²) in [6.45, 7) is 12.0. The Bertz CT molecular complexity index is 669. The number of rotatable bonds is 9. The topological polar surface area (TPSA) is 65.5 Å². The second-order valence-corrected chi connectivity index (χ2v) is 8.15. The summed E-state index contributed by atoms with van der Waals surface area (Å²) in [5.41, 5.74) is 1.20. The van der Waals surface area contributed by atoms with Crippen molar-refractivity contribution in [3.8, 4) is 0 Å². The molecule has 2 saturated heterocycles. The molecule has 1 aromatic heterocycles. The number of likely N-dealkylation sites (N-methyl/N-ethyl adjacent to an activating group) is 1. The summed E-state index contributed by atoms with van der Waals surface area (Å²) in [6, 6.07) is 4.26. The summed E-state index contributed by atoms with van der Waals surface area (Å²) in [4.78, 5) is 16.6. The van der Waals surface area contributed by atoms with Crippen LogP contribution >= 0.6 is 24.0 Å². The van der Waals surface area contributed by atoms with E-state index in [9.17, 15) is 0 Å². The van der Waals surface area contributed by atoms with E-state index in [-0.39, 0.29) is 24.0 Å². The highest BCUT2D eigenvalue weighted by Gasteiger charge is 2.25. The second kappa shape index (κ2) is 14.1. The number of guanidine groups is 1. The molecule has 176 valence electrons. The van der Waals surface area contributed by atoms with Gasteiger partial charge in [0.05, 0.1) is 26.4 Å². The molecule has 0 aromatic carbocycles. The second-order valence-electron chi connectivity index (χ2n) is 8.15. The van der Waals surface area contributed by atoms with Crippen molar-refractivity contribution in [2.45, 2.75) is 19.9 Å². The number of aromatic nitrogens is 1. The molecule has 1 aromatic rings. The van der Waals surface area contributed by atoms with E-state index in [0.717, 1.165) is 70.6 Å². The lowest BCUT2D eigenvalue weighted by Gasteiger charge is -2.33. The number of piperazine rings is 1. The van der Waals surface area contributed by atoms with Crippen molar-refractivity contribution >= 4 is 35.8 Å². The fraction of sp³-hybridized carbons (Fsp3) is 0.727. The number of ether oxygens (including phenoxy) is 2. The van der Waals surface area contributed by atoms with Gasteiger partial charge in [0.2, 0.25) is 0 Å². The first-order chi connectivity index (χ1) is 14.7. The first-order valence-electron chi connectivity index (χ1n) is 11.2. The van der Waals surface area contributed by atoms with Gasteiger partial charge in [-0.3, -0.25) is 0 Å². The monoisotopic (exact) mass is 546 g/mol. The molecule has 1 N–H and O–H groups in total. The van der Waals surface area contributed by atoms with E-state index in [4.69, 9.17) is 14.5 Å². The zero-order valence-corrected chi connectivity index (χ0v) is 21.6. The molecule has 9 heteroatoms. The molecule has 3 heterocycles. The van der Waals surface area contributed by atoms with Crippen LogP contribution in [0.2, 0.25) is 0 Å². The maximum atomic E-state index is 5.73. The van der Waals surface area contributed by atoms with E-state index in [2.05, 4.69) is 51.1 Å². The fourth-order valence-electron chi connectivity index (χ4n) is 3.91. The van der Waals surface area contributed by atoms with Gasteiger partial charge in [0.25, 0.3) is 0 Å². The third-order valence-electron chi connectivity index (χ3n) is 5.75.